The lowest BCUT2D eigenvalue weighted by atomic mass is 10.1. The van der Waals surface area contributed by atoms with Crippen LogP contribution in [0.15, 0.2) is 77.7 Å². The first kappa shape index (κ1) is 23.1. The molecule has 1 amide bonds. The molecule has 0 fully saturated rings. The Labute approximate surface area is 199 Å². The van der Waals surface area contributed by atoms with Gasteiger partial charge in [0, 0.05) is 16.8 Å². The van der Waals surface area contributed by atoms with E-state index in [9.17, 15) is 13.2 Å². The van der Waals surface area contributed by atoms with Gasteiger partial charge in [0.2, 0.25) is 5.91 Å². The number of para-hydroxylation sites is 3. The van der Waals surface area contributed by atoms with Crippen LogP contribution in [-0.4, -0.2) is 33.5 Å². The summed E-state index contributed by atoms with van der Waals surface area (Å²) >= 11 is 5.97. The maximum atomic E-state index is 13.7. The van der Waals surface area contributed by atoms with Crippen molar-refractivity contribution in [1.82, 2.24) is 0 Å². The first-order valence-electron chi connectivity index (χ1n) is 10.7. The number of nitrogens with zero attached hydrogens (tertiary/aromatic N) is 2. The fourth-order valence-electron chi connectivity index (χ4n) is 4.12. The van der Waals surface area contributed by atoms with Crippen LogP contribution in [0.25, 0.3) is 0 Å². The van der Waals surface area contributed by atoms with Crippen LogP contribution in [0.1, 0.15) is 19.4 Å². The molecule has 3 aromatic rings. The highest BCUT2D eigenvalue weighted by molar-refractivity contribution is 7.92. The number of ether oxygens (including phenoxy) is 1. The number of carbonyl (C=O) groups is 1. The zero-order valence-electron chi connectivity index (χ0n) is 18.4. The Hall–Kier alpha value is -3.03. The molecule has 0 saturated heterocycles. The molecule has 0 N–H and O–H groups in total. The normalized spacial score (nSPS) is 15.2. The van der Waals surface area contributed by atoms with Crippen LogP contribution in [0.4, 0.5) is 11.4 Å². The molecule has 1 heterocycles. The molecule has 1 atom stereocenters. The first-order valence-corrected chi connectivity index (χ1v) is 12.5. The molecule has 1 aliphatic rings. The second kappa shape index (κ2) is 9.45. The van der Waals surface area contributed by atoms with E-state index >= 15 is 0 Å². The van der Waals surface area contributed by atoms with E-state index < -0.39 is 10.0 Å². The van der Waals surface area contributed by atoms with Crippen molar-refractivity contribution in [3.63, 3.8) is 0 Å². The van der Waals surface area contributed by atoms with Gasteiger partial charge in [-0.15, -0.1) is 0 Å². The summed E-state index contributed by atoms with van der Waals surface area (Å²) in [5, 5.41) is 0.425. The Kier molecular flexibility index (Phi) is 6.63. The number of halogens is 1. The van der Waals surface area contributed by atoms with Crippen molar-refractivity contribution < 1.29 is 17.9 Å². The minimum absolute atomic E-state index is 0.0425. The fraction of sp³-hybridized carbons (Fsp3) is 0.240. The summed E-state index contributed by atoms with van der Waals surface area (Å²) < 4.78 is 34.3. The van der Waals surface area contributed by atoms with Crippen molar-refractivity contribution in [1.29, 1.82) is 0 Å². The largest absolute Gasteiger partial charge is 0.492 e. The third-order valence-electron chi connectivity index (χ3n) is 5.59. The highest BCUT2D eigenvalue weighted by atomic mass is 35.5. The van der Waals surface area contributed by atoms with Gasteiger partial charge >= 0.3 is 0 Å². The molecule has 8 heteroatoms. The lowest BCUT2D eigenvalue weighted by Crippen LogP contribution is -2.45. The summed E-state index contributed by atoms with van der Waals surface area (Å²) in [4.78, 5) is 15.3. The molecule has 0 bridgehead atoms. The average Bonchev–Trinajstić information content (AvgIpc) is 3.14. The van der Waals surface area contributed by atoms with E-state index in [1.54, 1.807) is 29.2 Å². The van der Waals surface area contributed by atoms with Crippen LogP contribution < -0.4 is 13.9 Å². The third kappa shape index (κ3) is 4.56. The number of fused-ring (bicyclic) bond motifs is 1. The van der Waals surface area contributed by atoms with Gasteiger partial charge in [-0.05, 0) is 68.3 Å². The maximum Gasteiger partial charge on any atom is 0.264 e. The molecule has 4 rings (SSSR count). The second-order valence-electron chi connectivity index (χ2n) is 7.81. The summed E-state index contributed by atoms with van der Waals surface area (Å²) in [5.41, 5.74) is 2.19. The Morgan fingerprint density at radius 2 is 1.73 bits per heavy atom. The fourth-order valence-corrected chi connectivity index (χ4v) is 5.67. The van der Waals surface area contributed by atoms with Crippen molar-refractivity contribution in [2.75, 3.05) is 22.4 Å². The number of anilines is 2. The quantitative estimate of drug-likeness (QED) is 0.477. The predicted molar refractivity (Wildman–Crippen MR) is 131 cm³/mol. The van der Waals surface area contributed by atoms with Gasteiger partial charge in [0.1, 0.15) is 12.3 Å². The molecule has 3 aromatic carbocycles. The van der Waals surface area contributed by atoms with Crippen LogP contribution in [0, 0.1) is 0 Å². The Morgan fingerprint density at radius 3 is 2.45 bits per heavy atom. The van der Waals surface area contributed by atoms with E-state index in [-0.39, 0.29) is 23.4 Å². The molecule has 172 valence electrons. The molecule has 6 nitrogen and oxygen atoms in total. The average molecular weight is 485 g/mol. The van der Waals surface area contributed by atoms with Gasteiger partial charge in [0.25, 0.3) is 10.0 Å². The third-order valence-corrected chi connectivity index (χ3v) is 7.62. The van der Waals surface area contributed by atoms with Crippen LogP contribution in [0.2, 0.25) is 5.02 Å². The number of hydrogen-bond donors (Lipinski definition) is 0. The second-order valence-corrected chi connectivity index (χ2v) is 10.1. The minimum atomic E-state index is -4.08. The molecule has 0 aromatic heterocycles. The van der Waals surface area contributed by atoms with E-state index in [2.05, 4.69) is 0 Å². The Balaban J connectivity index is 1.77. The standard InChI is InChI=1S/C25H25ClN2O4S/c1-3-32-24-11-7-6-10-23(24)27(33(30,31)21-14-12-20(26)13-15-21)17-25(29)28-18(2)16-19-8-4-5-9-22(19)28/h4-15,18H,3,16-17H2,1-2H3/t18-/m0/s1. The summed E-state index contributed by atoms with van der Waals surface area (Å²) in [6.07, 6.45) is 0.724. The molecular weight excluding hydrogens is 460 g/mol. The summed E-state index contributed by atoms with van der Waals surface area (Å²) in [6, 6.07) is 20.4. The first-order chi connectivity index (χ1) is 15.8. The van der Waals surface area contributed by atoms with E-state index in [0.29, 0.717) is 23.1 Å². The van der Waals surface area contributed by atoms with E-state index in [1.807, 2.05) is 38.1 Å². The molecule has 1 aliphatic heterocycles. The van der Waals surface area contributed by atoms with Crippen molar-refractivity contribution in [2.24, 2.45) is 0 Å². The van der Waals surface area contributed by atoms with Crippen LogP contribution in [-0.2, 0) is 21.2 Å². The zero-order chi connectivity index (χ0) is 23.6. The highest BCUT2D eigenvalue weighted by Gasteiger charge is 2.35. The van der Waals surface area contributed by atoms with Crippen LogP contribution in [0.3, 0.4) is 0 Å². The Bertz CT molecular complexity index is 1260. The minimum Gasteiger partial charge on any atom is -0.492 e. The number of sulfonamides is 1. The molecule has 0 radical (unpaired) electrons. The van der Waals surface area contributed by atoms with Gasteiger partial charge in [-0.3, -0.25) is 9.10 Å². The lowest BCUT2D eigenvalue weighted by molar-refractivity contribution is -0.117. The predicted octanol–water partition coefficient (Wildman–Crippen LogP) is 4.91. The molecule has 0 aliphatic carbocycles. The number of rotatable bonds is 7. The van der Waals surface area contributed by atoms with E-state index in [0.717, 1.165) is 22.0 Å². The topological polar surface area (TPSA) is 66.9 Å². The zero-order valence-corrected chi connectivity index (χ0v) is 20.0. The molecule has 33 heavy (non-hydrogen) atoms. The van der Waals surface area contributed by atoms with E-state index in [4.69, 9.17) is 16.3 Å². The molecule has 0 spiro atoms. The highest BCUT2D eigenvalue weighted by Crippen LogP contribution is 2.35. The molecule has 0 unspecified atom stereocenters. The summed E-state index contributed by atoms with van der Waals surface area (Å²) in [7, 11) is -4.08. The Morgan fingerprint density at radius 1 is 1.06 bits per heavy atom. The van der Waals surface area contributed by atoms with Crippen LogP contribution >= 0.6 is 11.6 Å². The van der Waals surface area contributed by atoms with Gasteiger partial charge in [-0.25, -0.2) is 8.42 Å². The lowest BCUT2D eigenvalue weighted by Gasteiger charge is -2.29. The molecule has 0 saturated carbocycles. The van der Waals surface area contributed by atoms with E-state index in [1.165, 1.54) is 24.3 Å². The number of hydrogen-bond acceptors (Lipinski definition) is 4. The van der Waals surface area contributed by atoms with Crippen molar-refractivity contribution in [3.8, 4) is 5.75 Å². The van der Waals surface area contributed by atoms with Gasteiger partial charge in [-0.1, -0.05) is 41.9 Å². The van der Waals surface area contributed by atoms with Gasteiger partial charge < -0.3 is 9.64 Å². The maximum absolute atomic E-state index is 13.7. The number of amides is 1. The van der Waals surface area contributed by atoms with Crippen molar-refractivity contribution >= 4 is 38.9 Å². The smallest absolute Gasteiger partial charge is 0.264 e. The summed E-state index contributed by atoms with van der Waals surface area (Å²) in [6.45, 7) is 3.77. The SMILES string of the molecule is CCOc1ccccc1N(CC(=O)N1c2ccccc2C[C@@H]1C)S(=O)(=O)c1ccc(Cl)cc1. The van der Waals surface area contributed by atoms with Gasteiger partial charge in [0.05, 0.1) is 17.2 Å². The van der Waals surface area contributed by atoms with Crippen molar-refractivity contribution in [2.45, 2.75) is 31.2 Å². The van der Waals surface area contributed by atoms with Crippen LogP contribution in [0.5, 0.6) is 5.75 Å². The summed E-state index contributed by atoms with van der Waals surface area (Å²) in [5.74, 6) is 0.0801. The van der Waals surface area contributed by atoms with Crippen molar-refractivity contribution in [3.05, 3.63) is 83.4 Å². The van der Waals surface area contributed by atoms with Gasteiger partial charge in [0.15, 0.2) is 0 Å². The number of carbonyl (C=O) groups excluding carboxylic acids is 1. The van der Waals surface area contributed by atoms with Gasteiger partial charge in [-0.2, -0.15) is 0 Å². The number of benzene rings is 3. The monoisotopic (exact) mass is 484 g/mol. The molecular formula is C25H25ClN2O4S.